The lowest BCUT2D eigenvalue weighted by Gasteiger charge is -2.06. The fourth-order valence-electron chi connectivity index (χ4n) is 1.66. The Labute approximate surface area is 112 Å². The SMILES string of the molecule is C=CC=N/C=C\Cc1nccn1-c1ccc(O)cc1. The zero-order valence-corrected chi connectivity index (χ0v) is 10.5. The van der Waals surface area contributed by atoms with Gasteiger partial charge in [-0.1, -0.05) is 18.7 Å². The zero-order chi connectivity index (χ0) is 13.5. The lowest BCUT2D eigenvalue weighted by Crippen LogP contribution is -1.98. The minimum atomic E-state index is 0.254. The second kappa shape index (κ2) is 6.35. The molecule has 19 heavy (non-hydrogen) atoms. The maximum Gasteiger partial charge on any atom is 0.117 e. The van der Waals surface area contributed by atoms with Crippen LogP contribution in [0.2, 0.25) is 0 Å². The first-order valence-electron chi connectivity index (χ1n) is 5.92. The maximum absolute atomic E-state index is 9.29. The molecule has 4 nitrogen and oxygen atoms in total. The number of imidazole rings is 1. The van der Waals surface area contributed by atoms with Crippen LogP contribution in [-0.2, 0) is 6.42 Å². The summed E-state index contributed by atoms with van der Waals surface area (Å²) in [5, 5.41) is 9.29. The average Bonchev–Trinajstić information content (AvgIpc) is 2.88. The van der Waals surface area contributed by atoms with Gasteiger partial charge in [-0.25, -0.2) is 4.98 Å². The van der Waals surface area contributed by atoms with Crippen molar-refractivity contribution in [3.63, 3.8) is 0 Å². The minimum Gasteiger partial charge on any atom is -0.508 e. The number of nitrogens with zero attached hydrogens (tertiary/aromatic N) is 3. The molecule has 4 heteroatoms. The molecule has 1 aromatic heterocycles. The molecule has 0 aliphatic rings. The number of rotatable bonds is 5. The third-order valence-corrected chi connectivity index (χ3v) is 2.53. The summed E-state index contributed by atoms with van der Waals surface area (Å²) < 4.78 is 1.97. The number of aromatic hydroxyl groups is 1. The summed E-state index contributed by atoms with van der Waals surface area (Å²) in [5.41, 5.74) is 0.966. The molecule has 2 rings (SSSR count). The molecular formula is C15H15N3O. The number of allylic oxidation sites excluding steroid dienone is 2. The van der Waals surface area contributed by atoms with Crippen LogP contribution in [0.5, 0.6) is 5.75 Å². The monoisotopic (exact) mass is 253 g/mol. The first-order chi connectivity index (χ1) is 9.31. The van der Waals surface area contributed by atoms with E-state index in [4.69, 9.17) is 0 Å². The van der Waals surface area contributed by atoms with Crippen molar-refractivity contribution in [2.24, 2.45) is 4.99 Å². The van der Waals surface area contributed by atoms with Crippen LogP contribution >= 0.6 is 0 Å². The second-order valence-corrected chi connectivity index (χ2v) is 3.85. The largest absolute Gasteiger partial charge is 0.508 e. The number of hydrogen-bond donors (Lipinski definition) is 1. The predicted molar refractivity (Wildman–Crippen MR) is 76.8 cm³/mol. The third kappa shape index (κ3) is 3.42. The maximum atomic E-state index is 9.29. The van der Waals surface area contributed by atoms with E-state index in [1.165, 1.54) is 0 Å². The van der Waals surface area contributed by atoms with Crippen LogP contribution in [0.4, 0.5) is 0 Å². The fourth-order valence-corrected chi connectivity index (χ4v) is 1.66. The summed E-state index contributed by atoms with van der Waals surface area (Å²) in [5.74, 6) is 1.17. The highest BCUT2D eigenvalue weighted by Crippen LogP contribution is 2.15. The first-order valence-corrected chi connectivity index (χ1v) is 5.92. The molecule has 0 radical (unpaired) electrons. The number of phenolic OH excluding ortho intramolecular Hbond substituents is 1. The Morgan fingerprint density at radius 1 is 1.32 bits per heavy atom. The lowest BCUT2D eigenvalue weighted by atomic mass is 10.3. The molecule has 0 fully saturated rings. The van der Waals surface area contributed by atoms with Crippen molar-refractivity contribution < 1.29 is 5.11 Å². The van der Waals surface area contributed by atoms with Crippen LogP contribution < -0.4 is 0 Å². The van der Waals surface area contributed by atoms with Crippen LogP contribution in [0.3, 0.4) is 0 Å². The van der Waals surface area contributed by atoms with Crippen LogP contribution in [0, 0.1) is 0 Å². The van der Waals surface area contributed by atoms with Crippen LogP contribution in [0.1, 0.15) is 5.82 Å². The van der Waals surface area contributed by atoms with E-state index < -0.39 is 0 Å². The van der Waals surface area contributed by atoms with Crippen molar-refractivity contribution in [3.05, 3.63) is 67.4 Å². The smallest absolute Gasteiger partial charge is 0.117 e. The van der Waals surface area contributed by atoms with Gasteiger partial charge in [0.05, 0.1) is 0 Å². The first kappa shape index (κ1) is 12.8. The summed E-state index contributed by atoms with van der Waals surface area (Å²) >= 11 is 0. The van der Waals surface area contributed by atoms with Gasteiger partial charge < -0.3 is 9.67 Å². The second-order valence-electron chi connectivity index (χ2n) is 3.85. The Morgan fingerprint density at radius 3 is 2.84 bits per heavy atom. The van der Waals surface area contributed by atoms with Crippen molar-refractivity contribution >= 4 is 6.21 Å². The summed E-state index contributed by atoms with van der Waals surface area (Å²) in [7, 11) is 0. The molecule has 0 saturated carbocycles. The Kier molecular flexibility index (Phi) is 4.29. The molecular weight excluding hydrogens is 238 g/mol. The van der Waals surface area contributed by atoms with Gasteiger partial charge in [0.15, 0.2) is 0 Å². The van der Waals surface area contributed by atoms with Crippen molar-refractivity contribution in [1.29, 1.82) is 0 Å². The molecule has 0 unspecified atom stereocenters. The molecule has 0 aliphatic carbocycles. The molecule has 0 amide bonds. The number of phenols is 1. The average molecular weight is 253 g/mol. The van der Waals surface area contributed by atoms with E-state index in [0.717, 1.165) is 11.5 Å². The van der Waals surface area contributed by atoms with Crippen molar-refractivity contribution in [3.8, 4) is 11.4 Å². The Balaban J connectivity index is 2.13. The van der Waals surface area contributed by atoms with Gasteiger partial charge >= 0.3 is 0 Å². The van der Waals surface area contributed by atoms with Crippen LogP contribution in [-0.4, -0.2) is 20.9 Å². The van der Waals surface area contributed by atoms with E-state index in [-0.39, 0.29) is 5.75 Å². The molecule has 0 spiro atoms. The van der Waals surface area contributed by atoms with E-state index in [1.807, 2.05) is 29.0 Å². The highest BCUT2D eigenvalue weighted by atomic mass is 16.3. The molecule has 0 bridgehead atoms. The van der Waals surface area contributed by atoms with Gasteiger partial charge in [-0.05, 0) is 24.3 Å². The highest BCUT2D eigenvalue weighted by molar-refractivity contribution is 5.70. The lowest BCUT2D eigenvalue weighted by molar-refractivity contribution is 0.475. The molecule has 1 N–H and O–H groups in total. The van der Waals surface area contributed by atoms with E-state index in [9.17, 15) is 5.11 Å². The van der Waals surface area contributed by atoms with Gasteiger partial charge in [0.2, 0.25) is 0 Å². The van der Waals surface area contributed by atoms with E-state index in [0.29, 0.717) is 6.42 Å². The van der Waals surface area contributed by atoms with Gasteiger partial charge in [0, 0.05) is 36.9 Å². The van der Waals surface area contributed by atoms with Crippen molar-refractivity contribution in [1.82, 2.24) is 9.55 Å². The molecule has 0 saturated heterocycles. The number of benzene rings is 1. The van der Waals surface area contributed by atoms with Crippen molar-refractivity contribution in [2.45, 2.75) is 6.42 Å². The summed E-state index contributed by atoms with van der Waals surface area (Å²) in [6.45, 7) is 3.55. The van der Waals surface area contributed by atoms with Crippen LogP contribution in [0.15, 0.2) is 66.6 Å². The van der Waals surface area contributed by atoms with Gasteiger partial charge in [-0.2, -0.15) is 0 Å². The fraction of sp³-hybridized carbons (Fsp3) is 0.0667. The van der Waals surface area contributed by atoms with E-state index in [2.05, 4.69) is 16.6 Å². The Morgan fingerprint density at radius 2 is 2.11 bits per heavy atom. The van der Waals surface area contributed by atoms with Crippen molar-refractivity contribution in [2.75, 3.05) is 0 Å². The van der Waals surface area contributed by atoms with Gasteiger partial charge in [-0.3, -0.25) is 4.99 Å². The summed E-state index contributed by atoms with van der Waals surface area (Å²) in [4.78, 5) is 8.32. The van der Waals surface area contributed by atoms with Gasteiger partial charge in [0.25, 0.3) is 0 Å². The standard InChI is InChI=1S/C15H15N3O/c1-2-9-16-10-3-4-15-17-11-12-18(15)13-5-7-14(19)8-6-13/h2-3,5-12,19H,1,4H2/b10-3-,16-9?. The van der Waals surface area contributed by atoms with Gasteiger partial charge in [-0.15, -0.1) is 0 Å². The topological polar surface area (TPSA) is 50.4 Å². The third-order valence-electron chi connectivity index (χ3n) is 2.53. The number of hydrogen-bond acceptors (Lipinski definition) is 3. The number of aliphatic imine (C=N–C) groups is 1. The quantitative estimate of drug-likeness (QED) is 0.833. The molecule has 1 heterocycles. The zero-order valence-electron chi connectivity index (χ0n) is 10.5. The number of aromatic nitrogens is 2. The minimum absolute atomic E-state index is 0.254. The van der Waals surface area contributed by atoms with E-state index >= 15 is 0 Å². The highest BCUT2D eigenvalue weighted by Gasteiger charge is 2.02. The summed E-state index contributed by atoms with van der Waals surface area (Å²) in [6, 6.07) is 7.01. The summed E-state index contributed by atoms with van der Waals surface area (Å²) in [6.07, 6.45) is 11.2. The molecule has 2 aromatic rings. The normalized spacial score (nSPS) is 11.4. The molecule has 1 aromatic carbocycles. The van der Waals surface area contributed by atoms with Gasteiger partial charge in [0.1, 0.15) is 11.6 Å². The Hall–Kier alpha value is -2.62. The Bertz CT molecular complexity index is 594. The molecule has 96 valence electrons. The molecule has 0 atom stereocenters. The molecule has 0 aliphatic heterocycles. The predicted octanol–water partition coefficient (Wildman–Crippen LogP) is 2.89. The van der Waals surface area contributed by atoms with E-state index in [1.54, 1.807) is 36.8 Å². The van der Waals surface area contributed by atoms with Crippen LogP contribution in [0.25, 0.3) is 5.69 Å².